The van der Waals surface area contributed by atoms with Crippen LogP contribution < -0.4 is 10.1 Å². The Morgan fingerprint density at radius 2 is 1.81 bits per heavy atom. The molecule has 1 N–H and O–H groups in total. The number of sulfone groups is 1. The van der Waals surface area contributed by atoms with Crippen molar-refractivity contribution in [3.63, 3.8) is 0 Å². The zero-order valence-electron chi connectivity index (χ0n) is 13.9. The van der Waals surface area contributed by atoms with Crippen LogP contribution in [0.3, 0.4) is 0 Å². The molecule has 0 radical (unpaired) electrons. The Balaban J connectivity index is 1.72. The molecule has 1 aromatic heterocycles. The van der Waals surface area contributed by atoms with Gasteiger partial charge in [-0.15, -0.1) is 10.2 Å². The van der Waals surface area contributed by atoms with Crippen LogP contribution in [0.1, 0.15) is 5.56 Å². The van der Waals surface area contributed by atoms with Gasteiger partial charge in [-0.1, -0.05) is 23.7 Å². The van der Waals surface area contributed by atoms with Gasteiger partial charge < -0.3 is 10.1 Å². The molecule has 1 heterocycles. The zero-order valence-corrected chi connectivity index (χ0v) is 15.5. The number of ether oxygens (including phenoxy) is 1. The Morgan fingerprint density at radius 1 is 1.04 bits per heavy atom. The summed E-state index contributed by atoms with van der Waals surface area (Å²) in [5.41, 5.74) is 1.00. The maximum atomic E-state index is 12.5. The third kappa shape index (κ3) is 4.12. The number of methoxy groups -OCH3 is 1. The van der Waals surface area contributed by atoms with Crippen molar-refractivity contribution in [3.8, 4) is 5.75 Å². The largest absolute Gasteiger partial charge is 0.497 e. The first-order chi connectivity index (χ1) is 12.5. The average molecular weight is 390 g/mol. The van der Waals surface area contributed by atoms with Gasteiger partial charge in [-0.3, -0.25) is 0 Å². The standard InChI is InChI=1S/C18H16ClN3O3S/c1-25-15-4-2-3-13(11-15)12-20-17-9-10-18(22-21-17)26(23,24)16-7-5-14(19)6-8-16/h2-11H,12H2,1H3,(H,20,21). The van der Waals surface area contributed by atoms with Crippen LogP contribution in [-0.4, -0.2) is 25.7 Å². The number of aromatic nitrogens is 2. The quantitative estimate of drug-likeness (QED) is 0.693. The maximum absolute atomic E-state index is 12.5. The van der Waals surface area contributed by atoms with Crippen LogP contribution in [0, 0.1) is 0 Å². The highest BCUT2D eigenvalue weighted by molar-refractivity contribution is 7.91. The Labute approximate surface area is 156 Å². The van der Waals surface area contributed by atoms with Gasteiger partial charge in [-0.25, -0.2) is 8.42 Å². The Kier molecular flexibility index (Phi) is 5.39. The van der Waals surface area contributed by atoms with Gasteiger partial charge in [-0.2, -0.15) is 0 Å². The van der Waals surface area contributed by atoms with Crippen molar-refractivity contribution in [2.45, 2.75) is 16.5 Å². The topological polar surface area (TPSA) is 81.2 Å². The van der Waals surface area contributed by atoms with Gasteiger partial charge in [0, 0.05) is 11.6 Å². The van der Waals surface area contributed by atoms with E-state index < -0.39 is 9.84 Å². The van der Waals surface area contributed by atoms with Crippen molar-refractivity contribution in [1.82, 2.24) is 10.2 Å². The molecule has 6 nitrogen and oxygen atoms in total. The first-order valence-corrected chi connectivity index (χ1v) is 9.56. The van der Waals surface area contributed by atoms with Crippen molar-refractivity contribution in [3.05, 3.63) is 71.2 Å². The minimum atomic E-state index is -3.73. The SMILES string of the molecule is COc1cccc(CNc2ccc(S(=O)(=O)c3ccc(Cl)cc3)nn2)c1. The Bertz CT molecular complexity index is 991. The highest BCUT2D eigenvalue weighted by Gasteiger charge is 2.19. The molecule has 134 valence electrons. The van der Waals surface area contributed by atoms with E-state index in [2.05, 4.69) is 15.5 Å². The smallest absolute Gasteiger partial charge is 0.225 e. The van der Waals surface area contributed by atoms with Crippen molar-refractivity contribution >= 4 is 27.3 Å². The van der Waals surface area contributed by atoms with E-state index in [0.717, 1.165) is 11.3 Å². The molecule has 0 fully saturated rings. The molecule has 0 aliphatic carbocycles. The van der Waals surface area contributed by atoms with E-state index >= 15 is 0 Å². The normalized spacial score (nSPS) is 11.2. The summed E-state index contributed by atoms with van der Waals surface area (Å²) in [6, 6.07) is 16.5. The predicted molar refractivity (Wildman–Crippen MR) is 99.3 cm³/mol. The molecule has 26 heavy (non-hydrogen) atoms. The van der Waals surface area contributed by atoms with Crippen LogP contribution in [0.2, 0.25) is 5.02 Å². The van der Waals surface area contributed by atoms with E-state index in [0.29, 0.717) is 17.4 Å². The Morgan fingerprint density at radius 3 is 2.46 bits per heavy atom. The summed E-state index contributed by atoms with van der Waals surface area (Å²) in [7, 11) is -2.12. The van der Waals surface area contributed by atoms with Gasteiger partial charge in [0.05, 0.1) is 12.0 Å². The van der Waals surface area contributed by atoms with Gasteiger partial charge in [0.2, 0.25) is 9.84 Å². The minimum absolute atomic E-state index is 0.119. The van der Waals surface area contributed by atoms with Gasteiger partial charge in [0.25, 0.3) is 0 Å². The lowest BCUT2D eigenvalue weighted by molar-refractivity contribution is 0.414. The average Bonchev–Trinajstić information content (AvgIpc) is 2.67. The Hall–Kier alpha value is -2.64. The molecular formula is C18H16ClN3O3S. The van der Waals surface area contributed by atoms with E-state index in [9.17, 15) is 8.42 Å². The van der Waals surface area contributed by atoms with E-state index in [1.54, 1.807) is 13.2 Å². The molecule has 0 aliphatic heterocycles. The molecule has 3 aromatic rings. The predicted octanol–water partition coefficient (Wildman–Crippen LogP) is 3.58. The van der Waals surface area contributed by atoms with E-state index in [-0.39, 0.29) is 9.92 Å². The lowest BCUT2D eigenvalue weighted by atomic mass is 10.2. The number of benzene rings is 2. The third-order valence-electron chi connectivity index (χ3n) is 3.65. The molecular weight excluding hydrogens is 374 g/mol. The second-order valence-electron chi connectivity index (χ2n) is 5.42. The minimum Gasteiger partial charge on any atom is -0.497 e. The summed E-state index contributed by atoms with van der Waals surface area (Å²) >= 11 is 5.79. The first kappa shape index (κ1) is 18.2. The highest BCUT2D eigenvalue weighted by atomic mass is 35.5. The van der Waals surface area contributed by atoms with Crippen LogP contribution in [0.15, 0.2) is 70.6 Å². The van der Waals surface area contributed by atoms with Crippen LogP contribution in [-0.2, 0) is 16.4 Å². The summed E-state index contributed by atoms with van der Waals surface area (Å²) in [4.78, 5) is 0.119. The summed E-state index contributed by atoms with van der Waals surface area (Å²) in [5.74, 6) is 1.24. The van der Waals surface area contributed by atoms with E-state index in [1.807, 2.05) is 24.3 Å². The zero-order chi connectivity index (χ0) is 18.6. The van der Waals surface area contributed by atoms with Crippen LogP contribution >= 0.6 is 11.6 Å². The highest BCUT2D eigenvalue weighted by Crippen LogP contribution is 2.21. The molecule has 0 saturated heterocycles. The van der Waals surface area contributed by atoms with Crippen LogP contribution in [0.5, 0.6) is 5.75 Å². The molecule has 0 spiro atoms. The number of hydrogen-bond acceptors (Lipinski definition) is 6. The molecule has 0 saturated carbocycles. The number of rotatable bonds is 6. The van der Waals surface area contributed by atoms with E-state index in [4.69, 9.17) is 16.3 Å². The second-order valence-corrected chi connectivity index (χ2v) is 7.75. The van der Waals surface area contributed by atoms with Crippen molar-refractivity contribution in [1.29, 1.82) is 0 Å². The number of nitrogens with zero attached hydrogens (tertiary/aromatic N) is 2. The summed E-state index contributed by atoms with van der Waals surface area (Å²) in [6.07, 6.45) is 0. The summed E-state index contributed by atoms with van der Waals surface area (Å²) < 4.78 is 30.2. The molecule has 2 aromatic carbocycles. The van der Waals surface area contributed by atoms with Crippen LogP contribution in [0.25, 0.3) is 0 Å². The molecule has 3 rings (SSSR count). The van der Waals surface area contributed by atoms with Gasteiger partial charge in [-0.05, 0) is 54.1 Å². The number of nitrogens with one attached hydrogen (secondary N) is 1. The first-order valence-electron chi connectivity index (χ1n) is 7.70. The van der Waals surface area contributed by atoms with Crippen LogP contribution in [0.4, 0.5) is 5.82 Å². The number of anilines is 1. The van der Waals surface area contributed by atoms with E-state index in [1.165, 1.54) is 30.3 Å². The molecule has 0 atom stereocenters. The maximum Gasteiger partial charge on any atom is 0.225 e. The molecule has 0 unspecified atom stereocenters. The summed E-state index contributed by atoms with van der Waals surface area (Å²) in [5, 5.41) is 11.2. The second kappa shape index (κ2) is 7.72. The fourth-order valence-electron chi connectivity index (χ4n) is 2.27. The lowest BCUT2D eigenvalue weighted by Gasteiger charge is -2.08. The van der Waals surface area contributed by atoms with Crippen molar-refractivity contribution in [2.24, 2.45) is 0 Å². The number of hydrogen-bond donors (Lipinski definition) is 1. The lowest BCUT2D eigenvalue weighted by Crippen LogP contribution is -2.08. The van der Waals surface area contributed by atoms with Gasteiger partial charge in [0.15, 0.2) is 5.03 Å². The summed E-state index contributed by atoms with van der Waals surface area (Å²) in [6.45, 7) is 0.509. The van der Waals surface area contributed by atoms with Crippen molar-refractivity contribution in [2.75, 3.05) is 12.4 Å². The fraction of sp³-hybridized carbons (Fsp3) is 0.111. The van der Waals surface area contributed by atoms with Gasteiger partial charge >= 0.3 is 0 Å². The molecule has 0 bridgehead atoms. The fourth-order valence-corrected chi connectivity index (χ4v) is 3.52. The van der Waals surface area contributed by atoms with Gasteiger partial charge in [0.1, 0.15) is 11.6 Å². The van der Waals surface area contributed by atoms with Crippen molar-refractivity contribution < 1.29 is 13.2 Å². The monoisotopic (exact) mass is 389 g/mol. The number of halogens is 1. The molecule has 0 aliphatic rings. The molecule has 0 amide bonds. The molecule has 8 heteroatoms. The third-order valence-corrected chi connectivity index (χ3v) is 5.56.